The Kier molecular flexibility index (Phi) is 23.4. The molecule has 0 saturated carbocycles. The van der Waals surface area contributed by atoms with Gasteiger partial charge in [-0.2, -0.15) is 8.42 Å². The highest BCUT2D eigenvalue weighted by atomic mass is 32.2. The quantitative estimate of drug-likeness (QED) is 0.0617. The predicted octanol–water partition coefficient (Wildman–Crippen LogP) is 8.18. The van der Waals surface area contributed by atoms with Gasteiger partial charge in [0.25, 0.3) is 10.1 Å². The first-order valence-electron chi connectivity index (χ1n) is 14.6. The number of rotatable bonds is 26. The fourth-order valence-corrected chi connectivity index (χ4v) is 6.32. The van der Waals surface area contributed by atoms with E-state index in [9.17, 15) is 32.8 Å². The summed E-state index contributed by atoms with van der Waals surface area (Å²) in [5.74, 6) is -4.91. The highest BCUT2D eigenvalue weighted by Crippen LogP contribution is 2.37. The summed E-state index contributed by atoms with van der Waals surface area (Å²) in [6, 6.07) is 0. The molecule has 2 unspecified atom stereocenters. The summed E-state index contributed by atoms with van der Waals surface area (Å²) in [6.45, 7) is 4.36. The van der Waals surface area contributed by atoms with Crippen molar-refractivity contribution >= 4 is 22.1 Å². The number of carbonyl (C=O) groups is 2. The van der Waals surface area contributed by atoms with Crippen LogP contribution in [0.2, 0.25) is 0 Å². The van der Waals surface area contributed by atoms with Crippen LogP contribution in [-0.2, 0) is 19.7 Å². The molecule has 0 aliphatic rings. The molecule has 0 amide bonds. The minimum atomic E-state index is -5.12. The molecular formula is C28H57NO7S. The number of carboxylic acids is 2. The molecule has 0 saturated heterocycles. The number of hydrogen-bond acceptors (Lipinski definition) is 5. The van der Waals surface area contributed by atoms with Crippen LogP contribution in [0, 0.1) is 5.92 Å². The van der Waals surface area contributed by atoms with Crippen LogP contribution in [0.25, 0.3) is 0 Å². The third-order valence-corrected chi connectivity index (χ3v) is 9.02. The van der Waals surface area contributed by atoms with Gasteiger partial charge in [0.15, 0.2) is 0 Å². The standard InChI is InChI=1S/C28H54O7S.H3N/c1-3-5-7-9-11-13-15-17-19-21-23-25(26(29)30)28(27(31)32,36(33,34)35)24-22-20-18-16-14-12-10-8-6-4-2;/h25H,3-24H2,1-2H3,(H,29,30)(H,31,32)(H,33,34,35);1H3. The van der Waals surface area contributed by atoms with Crippen LogP contribution in [0.15, 0.2) is 0 Å². The Labute approximate surface area is 226 Å². The van der Waals surface area contributed by atoms with E-state index in [1.807, 2.05) is 0 Å². The molecule has 0 aliphatic carbocycles. The number of hydrogen-bond donors (Lipinski definition) is 4. The van der Waals surface area contributed by atoms with Gasteiger partial charge < -0.3 is 16.4 Å². The maximum Gasteiger partial charge on any atom is 0.328 e. The molecule has 0 rings (SSSR count). The van der Waals surface area contributed by atoms with Gasteiger partial charge in [-0.15, -0.1) is 0 Å². The fourth-order valence-electron chi connectivity index (χ4n) is 5.12. The van der Waals surface area contributed by atoms with Gasteiger partial charge in [-0.3, -0.25) is 14.1 Å². The van der Waals surface area contributed by atoms with Gasteiger partial charge in [0.2, 0.25) is 4.75 Å². The monoisotopic (exact) mass is 551 g/mol. The van der Waals surface area contributed by atoms with Crippen LogP contribution < -0.4 is 6.15 Å². The Morgan fingerprint density at radius 2 is 0.946 bits per heavy atom. The van der Waals surface area contributed by atoms with Crippen LogP contribution in [0.4, 0.5) is 0 Å². The van der Waals surface area contributed by atoms with E-state index < -0.39 is 32.7 Å². The Bertz CT molecular complexity index is 684. The van der Waals surface area contributed by atoms with Gasteiger partial charge >= 0.3 is 11.9 Å². The van der Waals surface area contributed by atoms with E-state index in [1.54, 1.807) is 0 Å². The zero-order valence-electron chi connectivity index (χ0n) is 23.7. The number of carboxylic acid groups (broad SMARTS) is 2. The molecule has 0 radical (unpaired) electrons. The maximum absolute atomic E-state index is 12.3. The van der Waals surface area contributed by atoms with E-state index in [-0.39, 0.29) is 25.4 Å². The molecule has 6 N–H and O–H groups in total. The lowest BCUT2D eigenvalue weighted by Gasteiger charge is -2.32. The lowest BCUT2D eigenvalue weighted by molar-refractivity contribution is -0.152. The van der Waals surface area contributed by atoms with Gasteiger partial charge in [-0.1, -0.05) is 142 Å². The Morgan fingerprint density at radius 3 is 1.24 bits per heavy atom. The average molecular weight is 552 g/mol. The average Bonchev–Trinajstić information content (AvgIpc) is 2.80. The zero-order chi connectivity index (χ0) is 27.3. The molecule has 9 heteroatoms. The van der Waals surface area contributed by atoms with E-state index in [4.69, 9.17) is 0 Å². The van der Waals surface area contributed by atoms with Crippen molar-refractivity contribution in [1.82, 2.24) is 6.15 Å². The van der Waals surface area contributed by atoms with Crippen molar-refractivity contribution in [2.24, 2.45) is 5.92 Å². The van der Waals surface area contributed by atoms with Gasteiger partial charge in [0.1, 0.15) is 0 Å². The van der Waals surface area contributed by atoms with Gasteiger partial charge in [-0.05, 0) is 12.8 Å². The molecule has 0 fully saturated rings. The van der Waals surface area contributed by atoms with Crippen LogP contribution in [0.5, 0.6) is 0 Å². The fraction of sp³-hybridized carbons (Fsp3) is 0.929. The lowest BCUT2D eigenvalue weighted by atomic mass is 9.82. The molecule has 0 aromatic rings. The van der Waals surface area contributed by atoms with Crippen molar-refractivity contribution in [3.63, 3.8) is 0 Å². The second kappa shape index (κ2) is 22.8. The third kappa shape index (κ3) is 15.7. The minimum absolute atomic E-state index is 0. The largest absolute Gasteiger partial charge is 0.481 e. The van der Waals surface area contributed by atoms with Crippen molar-refractivity contribution in [2.75, 3.05) is 0 Å². The second-order valence-electron chi connectivity index (χ2n) is 10.5. The van der Waals surface area contributed by atoms with Crippen molar-refractivity contribution in [3.8, 4) is 0 Å². The third-order valence-electron chi connectivity index (χ3n) is 7.43. The molecule has 0 heterocycles. The van der Waals surface area contributed by atoms with E-state index in [0.29, 0.717) is 12.8 Å². The summed E-state index contributed by atoms with van der Waals surface area (Å²) < 4.78 is 31.9. The van der Waals surface area contributed by atoms with Crippen LogP contribution in [0.1, 0.15) is 155 Å². The van der Waals surface area contributed by atoms with Crippen molar-refractivity contribution < 1.29 is 32.8 Å². The molecule has 222 valence electrons. The maximum atomic E-state index is 12.3. The molecule has 0 bridgehead atoms. The first kappa shape index (κ1) is 38.0. The normalized spacial score (nSPS) is 14.0. The molecule has 0 aromatic carbocycles. The van der Waals surface area contributed by atoms with Gasteiger partial charge in [0, 0.05) is 0 Å². The Morgan fingerprint density at radius 1 is 0.622 bits per heavy atom. The van der Waals surface area contributed by atoms with E-state index >= 15 is 0 Å². The highest BCUT2D eigenvalue weighted by molar-refractivity contribution is 7.88. The van der Waals surface area contributed by atoms with Crippen molar-refractivity contribution in [1.29, 1.82) is 0 Å². The van der Waals surface area contributed by atoms with Crippen LogP contribution in [0.3, 0.4) is 0 Å². The Balaban J connectivity index is 0. The highest BCUT2D eigenvalue weighted by Gasteiger charge is 2.58. The molecular weight excluding hydrogens is 494 g/mol. The summed E-state index contributed by atoms with van der Waals surface area (Å²) >= 11 is 0. The van der Waals surface area contributed by atoms with E-state index in [1.165, 1.54) is 57.8 Å². The molecule has 0 spiro atoms. The molecule has 0 aliphatic heterocycles. The summed E-state index contributed by atoms with van der Waals surface area (Å²) in [5.41, 5.74) is 0. The van der Waals surface area contributed by atoms with Crippen LogP contribution >= 0.6 is 0 Å². The van der Waals surface area contributed by atoms with Crippen LogP contribution in [-0.4, -0.2) is 39.9 Å². The summed E-state index contributed by atoms with van der Waals surface area (Å²) in [6.07, 6.45) is 19.7. The van der Waals surface area contributed by atoms with Gasteiger partial charge in [-0.25, -0.2) is 0 Å². The number of aliphatic carboxylic acids is 2. The predicted molar refractivity (Wildman–Crippen MR) is 151 cm³/mol. The zero-order valence-corrected chi connectivity index (χ0v) is 24.5. The summed E-state index contributed by atoms with van der Waals surface area (Å²) in [5, 5.41) is 19.7. The molecule has 2 atom stereocenters. The molecule has 0 aromatic heterocycles. The summed E-state index contributed by atoms with van der Waals surface area (Å²) in [4.78, 5) is 24.2. The van der Waals surface area contributed by atoms with E-state index in [2.05, 4.69) is 13.8 Å². The first-order valence-corrected chi connectivity index (χ1v) is 16.0. The van der Waals surface area contributed by atoms with Gasteiger partial charge in [0.05, 0.1) is 5.92 Å². The Hall–Kier alpha value is -1.19. The van der Waals surface area contributed by atoms with Crippen molar-refractivity contribution in [2.45, 2.75) is 160 Å². The smallest absolute Gasteiger partial charge is 0.328 e. The SMILES string of the molecule is CCCCCCCCCCCCC(C(=O)O)C(CCCCCCCCCCCC)(C(=O)O)S(=O)(=O)O.N. The van der Waals surface area contributed by atoms with E-state index in [0.717, 1.165) is 51.4 Å². The van der Waals surface area contributed by atoms with Crippen molar-refractivity contribution in [3.05, 3.63) is 0 Å². The minimum Gasteiger partial charge on any atom is -0.481 e. The molecule has 37 heavy (non-hydrogen) atoms. The second-order valence-corrected chi connectivity index (χ2v) is 12.1. The number of unbranched alkanes of at least 4 members (excludes halogenated alkanes) is 18. The topological polar surface area (TPSA) is 164 Å². The lowest BCUT2D eigenvalue weighted by Crippen LogP contribution is -2.55. The summed E-state index contributed by atoms with van der Waals surface area (Å²) in [7, 11) is -5.12. The molecule has 8 nitrogen and oxygen atoms in total. The first-order chi connectivity index (χ1) is 17.1.